The molecule has 0 aliphatic rings. The van der Waals surface area contributed by atoms with Crippen LogP contribution >= 0.6 is 0 Å². The summed E-state index contributed by atoms with van der Waals surface area (Å²) in [4.78, 5) is 0. The van der Waals surface area contributed by atoms with Crippen LogP contribution in [0.25, 0.3) is 0 Å². The summed E-state index contributed by atoms with van der Waals surface area (Å²) in [5.41, 5.74) is -1.19. The summed E-state index contributed by atoms with van der Waals surface area (Å²) in [6.07, 6.45) is -6.32. The van der Waals surface area contributed by atoms with Crippen molar-refractivity contribution in [2.75, 3.05) is 0 Å². The SMILES string of the molecule is C[C](C)c1cccc(C(F)(F)C(F)(F)C(F)(F)F)c1. The van der Waals surface area contributed by atoms with E-state index in [1.54, 1.807) is 0 Å². The summed E-state index contributed by atoms with van der Waals surface area (Å²) in [5.74, 6) is -10.9. The molecule has 0 aliphatic heterocycles. The van der Waals surface area contributed by atoms with E-state index in [4.69, 9.17) is 0 Å². The van der Waals surface area contributed by atoms with Gasteiger partial charge in [-0.25, -0.2) is 0 Å². The summed E-state index contributed by atoms with van der Waals surface area (Å²) in [5, 5.41) is 0. The summed E-state index contributed by atoms with van der Waals surface area (Å²) in [7, 11) is 0. The van der Waals surface area contributed by atoms with Gasteiger partial charge in [-0.1, -0.05) is 32.0 Å². The Morgan fingerprint density at radius 3 is 1.84 bits per heavy atom. The molecule has 0 saturated heterocycles. The number of hydrogen-bond donors (Lipinski definition) is 0. The zero-order valence-corrected chi connectivity index (χ0v) is 9.96. The second-order valence-electron chi connectivity index (χ2n) is 4.23. The highest BCUT2D eigenvalue weighted by molar-refractivity contribution is 5.35. The fraction of sp³-hybridized carbons (Fsp3) is 0.417. The van der Waals surface area contributed by atoms with Crippen molar-refractivity contribution in [1.82, 2.24) is 0 Å². The number of rotatable bonds is 3. The highest BCUT2D eigenvalue weighted by Gasteiger charge is 2.73. The molecular weight excluding hydrogens is 277 g/mol. The molecule has 0 unspecified atom stereocenters. The lowest BCUT2D eigenvalue weighted by molar-refractivity contribution is -0.359. The molecule has 0 amide bonds. The molecule has 1 rings (SSSR count). The molecule has 0 aromatic heterocycles. The van der Waals surface area contributed by atoms with Crippen molar-refractivity contribution in [1.29, 1.82) is 0 Å². The second kappa shape index (κ2) is 4.68. The molecule has 1 aromatic rings. The predicted octanol–water partition coefficient (Wildman–Crippen LogP) is 4.94. The van der Waals surface area contributed by atoms with Crippen LogP contribution < -0.4 is 0 Å². The van der Waals surface area contributed by atoms with Crippen LogP contribution in [0, 0.1) is 5.92 Å². The van der Waals surface area contributed by atoms with Crippen molar-refractivity contribution in [2.45, 2.75) is 31.9 Å². The maximum absolute atomic E-state index is 13.4. The lowest BCUT2D eigenvalue weighted by atomic mass is 9.95. The topological polar surface area (TPSA) is 0 Å². The van der Waals surface area contributed by atoms with Crippen molar-refractivity contribution in [3.05, 3.63) is 41.3 Å². The molecule has 0 spiro atoms. The van der Waals surface area contributed by atoms with E-state index in [0.717, 1.165) is 6.07 Å². The highest BCUT2D eigenvalue weighted by Crippen LogP contribution is 2.51. The van der Waals surface area contributed by atoms with E-state index in [-0.39, 0.29) is 5.56 Å². The van der Waals surface area contributed by atoms with Gasteiger partial charge in [-0.3, -0.25) is 0 Å². The molecule has 1 aromatic carbocycles. The van der Waals surface area contributed by atoms with Crippen LogP contribution in [-0.2, 0) is 5.92 Å². The zero-order valence-electron chi connectivity index (χ0n) is 9.96. The van der Waals surface area contributed by atoms with Gasteiger partial charge in [0.05, 0.1) is 0 Å². The van der Waals surface area contributed by atoms with Gasteiger partial charge in [0.15, 0.2) is 0 Å². The van der Waals surface area contributed by atoms with Gasteiger partial charge in [0.25, 0.3) is 0 Å². The molecular formula is C12H10F7. The summed E-state index contributed by atoms with van der Waals surface area (Å²) >= 11 is 0. The van der Waals surface area contributed by atoms with Crippen LogP contribution in [0.5, 0.6) is 0 Å². The molecule has 0 N–H and O–H groups in total. The largest absolute Gasteiger partial charge is 0.460 e. The van der Waals surface area contributed by atoms with E-state index in [0.29, 0.717) is 18.1 Å². The molecule has 0 atom stereocenters. The van der Waals surface area contributed by atoms with E-state index in [2.05, 4.69) is 0 Å². The minimum absolute atomic E-state index is 0.176. The standard InChI is InChI=1S/C12H10F7/c1-7(2)8-4-3-5-9(6-8)10(13,14)11(15,16)12(17,18)19/h3-6H,1-2H3. The first-order chi connectivity index (χ1) is 8.41. The third kappa shape index (κ3) is 2.69. The fourth-order valence-electron chi connectivity index (χ4n) is 1.38. The summed E-state index contributed by atoms with van der Waals surface area (Å²) in [6.45, 7) is 3.05. The average Bonchev–Trinajstić information content (AvgIpc) is 2.27. The van der Waals surface area contributed by atoms with Crippen LogP contribution in [0.1, 0.15) is 25.0 Å². The Balaban J connectivity index is 3.31. The Hall–Kier alpha value is -1.27. The lowest BCUT2D eigenvalue weighted by Gasteiger charge is -2.28. The second-order valence-corrected chi connectivity index (χ2v) is 4.23. The number of hydrogen-bond acceptors (Lipinski definition) is 0. The van der Waals surface area contributed by atoms with E-state index in [1.807, 2.05) is 0 Å². The molecule has 0 bridgehead atoms. The Morgan fingerprint density at radius 2 is 1.42 bits per heavy atom. The van der Waals surface area contributed by atoms with Crippen molar-refractivity contribution < 1.29 is 30.7 Å². The maximum Gasteiger partial charge on any atom is 0.460 e. The molecule has 0 fully saturated rings. The molecule has 107 valence electrons. The van der Waals surface area contributed by atoms with Crippen LogP contribution in [0.4, 0.5) is 30.7 Å². The number of halogens is 7. The molecule has 7 heteroatoms. The Labute approximate surface area is 105 Å². The van der Waals surface area contributed by atoms with Gasteiger partial charge >= 0.3 is 18.0 Å². The van der Waals surface area contributed by atoms with Gasteiger partial charge in [-0.2, -0.15) is 30.7 Å². The normalized spacial score (nSPS) is 14.0. The Kier molecular flexibility index (Phi) is 3.89. The maximum atomic E-state index is 13.4. The van der Waals surface area contributed by atoms with Crippen molar-refractivity contribution >= 4 is 0 Å². The molecule has 0 aliphatic carbocycles. The van der Waals surface area contributed by atoms with E-state index >= 15 is 0 Å². The Morgan fingerprint density at radius 1 is 0.895 bits per heavy atom. The average molecular weight is 287 g/mol. The van der Waals surface area contributed by atoms with Crippen LogP contribution in [0.15, 0.2) is 24.3 Å². The third-order valence-corrected chi connectivity index (χ3v) is 2.55. The zero-order chi connectivity index (χ0) is 15.1. The van der Waals surface area contributed by atoms with Crippen molar-refractivity contribution in [3.63, 3.8) is 0 Å². The first kappa shape index (κ1) is 15.8. The minimum atomic E-state index is -6.32. The van der Waals surface area contributed by atoms with Gasteiger partial charge in [0.2, 0.25) is 0 Å². The molecule has 19 heavy (non-hydrogen) atoms. The predicted molar refractivity (Wildman–Crippen MR) is 55.0 cm³/mol. The molecule has 0 saturated carbocycles. The fourth-order valence-corrected chi connectivity index (χ4v) is 1.38. The first-order valence-electron chi connectivity index (χ1n) is 5.14. The third-order valence-electron chi connectivity index (χ3n) is 2.55. The number of alkyl halides is 7. The monoisotopic (exact) mass is 287 g/mol. The first-order valence-corrected chi connectivity index (χ1v) is 5.14. The number of benzene rings is 1. The van der Waals surface area contributed by atoms with Crippen LogP contribution in [-0.4, -0.2) is 12.1 Å². The van der Waals surface area contributed by atoms with Gasteiger partial charge in [0, 0.05) is 5.56 Å². The van der Waals surface area contributed by atoms with Crippen LogP contribution in [0.3, 0.4) is 0 Å². The van der Waals surface area contributed by atoms with Crippen molar-refractivity contribution in [3.8, 4) is 0 Å². The Bertz CT molecular complexity index is 446. The smallest absolute Gasteiger partial charge is 0.194 e. The van der Waals surface area contributed by atoms with Gasteiger partial charge in [-0.05, 0) is 17.5 Å². The summed E-state index contributed by atoms with van der Waals surface area (Å²) in [6, 6.07) is 3.54. The van der Waals surface area contributed by atoms with E-state index in [1.165, 1.54) is 19.9 Å². The van der Waals surface area contributed by atoms with Gasteiger partial charge in [-0.15, -0.1) is 0 Å². The molecule has 0 nitrogen and oxygen atoms in total. The quantitative estimate of drug-likeness (QED) is 0.691. The highest BCUT2D eigenvalue weighted by atomic mass is 19.4. The minimum Gasteiger partial charge on any atom is -0.194 e. The molecule has 1 radical (unpaired) electrons. The van der Waals surface area contributed by atoms with E-state index in [9.17, 15) is 30.7 Å². The molecule has 0 heterocycles. The van der Waals surface area contributed by atoms with Crippen molar-refractivity contribution in [2.24, 2.45) is 0 Å². The summed E-state index contributed by atoms with van der Waals surface area (Å²) < 4.78 is 88.6. The van der Waals surface area contributed by atoms with Gasteiger partial charge in [0.1, 0.15) is 0 Å². The van der Waals surface area contributed by atoms with E-state index < -0.39 is 23.6 Å². The lowest BCUT2D eigenvalue weighted by Crippen LogP contribution is -2.50. The van der Waals surface area contributed by atoms with Crippen LogP contribution in [0.2, 0.25) is 0 Å². The van der Waals surface area contributed by atoms with Gasteiger partial charge < -0.3 is 0 Å².